The molecule has 1 saturated heterocycles. The summed E-state index contributed by atoms with van der Waals surface area (Å²) in [6.07, 6.45) is -0.941. The van der Waals surface area contributed by atoms with Crippen molar-refractivity contribution in [2.24, 2.45) is 0 Å². The third kappa shape index (κ3) is 1.82. The summed E-state index contributed by atoms with van der Waals surface area (Å²) in [6.45, 7) is -0.455. The first kappa shape index (κ1) is 10.4. The van der Waals surface area contributed by atoms with E-state index < -0.39 is 37.1 Å². The fourth-order valence-electron chi connectivity index (χ4n) is 1.24. The molecule has 0 radical (unpaired) electrons. The van der Waals surface area contributed by atoms with Crippen molar-refractivity contribution in [1.29, 1.82) is 0 Å². The van der Waals surface area contributed by atoms with Gasteiger partial charge in [0.05, 0.1) is 6.61 Å². The molecule has 4 N–H and O–H groups in total. The highest BCUT2D eigenvalue weighted by molar-refractivity contribution is 5.05. The molecule has 1 rings (SSSR count). The van der Waals surface area contributed by atoms with Gasteiger partial charge in [0.15, 0.2) is 0 Å². The third-order valence-electron chi connectivity index (χ3n) is 2.06. The number of aliphatic hydroxyl groups excluding tert-OH is 4. The molecule has 5 heteroatoms. The first-order valence-electron chi connectivity index (χ1n) is 3.88. The Balaban J connectivity index is 2.73. The molecule has 0 spiro atoms. The lowest BCUT2D eigenvalue weighted by Gasteiger charge is -2.37. The van der Waals surface area contributed by atoms with Gasteiger partial charge in [-0.3, -0.25) is 0 Å². The Bertz CT molecular complexity index is 209. The van der Waals surface area contributed by atoms with Gasteiger partial charge in [-0.05, 0) is 0 Å². The lowest BCUT2D eigenvalue weighted by atomic mass is 9.96. The molecule has 1 heterocycles. The minimum Gasteiger partial charge on any atom is -0.394 e. The fourth-order valence-corrected chi connectivity index (χ4v) is 1.24. The van der Waals surface area contributed by atoms with Crippen LogP contribution in [0.4, 0.5) is 0 Å². The van der Waals surface area contributed by atoms with Gasteiger partial charge in [0, 0.05) is 0 Å². The summed E-state index contributed by atoms with van der Waals surface area (Å²) in [4.78, 5) is 0. The quantitative estimate of drug-likeness (QED) is 0.340. The van der Waals surface area contributed by atoms with E-state index in [0.29, 0.717) is 0 Å². The van der Waals surface area contributed by atoms with Crippen LogP contribution >= 0.6 is 0 Å². The molecule has 0 aromatic heterocycles. The Morgan fingerprint density at radius 1 is 1.15 bits per heavy atom. The third-order valence-corrected chi connectivity index (χ3v) is 2.06. The van der Waals surface area contributed by atoms with Crippen molar-refractivity contribution in [3.8, 4) is 12.3 Å². The predicted molar refractivity (Wildman–Crippen MR) is 42.6 cm³/mol. The van der Waals surface area contributed by atoms with E-state index in [2.05, 4.69) is 5.92 Å². The molecule has 1 aliphatic heterocycles. The van der Waals surface area contributed by atoms with E-state index in [0.717, 1.165) is 0 Å². The van der Waals surface area contributed by atoms with Crippen molar-refractivity contribution in [2.75, 3.05) is 6.61 Å². The Kier molecular flexibility index (Phi) is 3.25. The zero-order valence-electron chi connectivity index (χ0n) is 6.87. The van der Waals surface area contributed by atoms with E-state index in [1.54, 1.807) is 0 Å². The van der Waals surface area contributed by atoms with Gasteiger partial charge in [0.1, 0.15) is 30.5 Å². The van der Waals surface area contributed by atoms with Crippen molar-refractivity contribution in [2.45, 2.75) is 30.5 Å². The Morgan fingerprint density at radius 3 is 2.23 bits per heavy atom. The maximum atomic E-state index is 9.26. The van der Waals surface area contributed by atoms with Crippen molar-refractivity contribution in [3.05, 3.63) is 0 Å². The van der Waals surface area contributed by atoms with Gasteiger partial charge in [-0.25, -0.2) is 0 Å². The maximum Gasteiger partial charge on any atom is 0.146 e. The van der Waals surface area contributed by atoms with Crippen LogP contribution in [0.3, 0.4) is 0 Å². The average molecular weight is 188 g/mol. The van der Waals surface area contributed by atoms with E-state index in [9.17, 15) is 15.3 Å². The molecule has 0 aromatic rings. The molecule has 0 bridgehead atoms. The fraction of sp³-hybridized carbons (Fsp3) is 0.750. The molecule has 1 aliphatic rings. The van der Waals surface area contributed by atoms with Gasteiger partial charge in [0.2, 0.25) is 0 Å². The highest BCUT2D eigenvalue weighted by Gasteiger charge is 2.42. The molecule has 0 aromatic carbocycles. The second-order valence-electron chi connectivity index (χ2n) is 2.92. The van der Waals surface area contributed by atoms with E-state index in [1.165, 1.54) is 0 Å². The van der Waals surface area contributed by atoms with E-state index in [4.69, 9.17) is 16.3 Å². The normalized spacial score (nSPS) is 45.6. The minimum atomic E-state index is -1.38. The van der Waals surface area contributed by atoms with Crippen molar-refractivity contribution in [1.82, 2.24) is 0 Å². The van der Waals surface area contributed by atoms with Crippen molar-refractivity contribution >= 4 is 0 Å². The highest BCUT2D eigenvalue weighted by Crippen LogP contribution is 2.20. The van der Waals surface area contributed by atoms with Gasteiger partial charge in [-0.15, -0.1) is 6.42 Å². The number of ether oxygens (including phenoxy) is 1. The largest absolute Gasteiger partial charge is 0.394 e. The maximum absolute atomic E-state index is 9.26. The van der Waals surface area contributed by atoms with E-state index in [1.807, 2.05) is 0 Å². The molecule has 5 nitrogen and oxygen atoms in total. The molecule has 1 fully saturated rings. The van der Waals surface area contributed by atoms with Gasteiger partial charge >= 0.3 is 0 Å². The summed E-state index contributed by atoms with van der Waals surface area (Å²) in [5, 5.41) is 36.5. The molecule has 1 unspecified atom stereocenters. The zero-order valence-corrected chi connectivity index (χ0v) is 6.87. The molecule has 74 valence electrons. The summed E-state index contributed by atoms with van der Waals surface area (Å²) in [6, 6.07) is 0. The first-order valence-corrected chi connectivity index (χ1v) is 3.88. The summed E-state index contributed by atoms with van der Waals surface area (Å²) in [5.41, 5.74) is 0. The smallest absolute Gasteiger partial charge is 0.146 e. The lowest BCUT2D eigenvalue weighted by molar-refractivity contribution is -0.214. The molecule has 13 heavy (non-hydrogen) atoms. The summed E-state index contributed by atoms with van der Waals surface area (Å²) in [7, 11) is 0. The Hall–Kier alpha value is -0.640. The van der Waals surface area contributed by atoms with Crippen LogP contribution < -0.4 is 0 Å². The van der Waals surface area contributed by atoms with Crippen LogP contribution in [-0.4, -0.2) is 57.6 Å². The minimum absolute atomic E-state index is 0.455. The number of hydrogen-bond acceptors (Lipinski definition) is 5. The second kappa shape index (κ2) is 4.05. The predicted octanol–water partition coefficient (Wildman–Crippen LogP) is -2.54. The molecular formula is C8H12O5. The van der Waals surface area contributed by atoms with Crippen molar-refractivity contribution in [3.63, 3.8) is 0 Å². The van der Waals surface area contributed by atoms with Gasteiger partial charge < -0.3 is 25.2 Å². The van der Waals surface area contributed by atoms with Crippen molar-refractivity contribution < 1.29 is 25.2 Å². The van der Waals surface area contributed by atoms with Crippen LogP contribution in [0.5, 0.6) is 0 Å². The van der Waals surface area contributed by atoms with Gasteiger partial charge in [-0.1, -0.05) is 5.92 Å². The number of terminal acetylenes is 1. The monoisotopic (exact) mass is 188 g/mol. The second-order valence-corrected chi connectivity index (χ2v) is 2.92. The Morgan fingerprint density at radius 2 is 1.77 bits per heavy atom. The van der Waals surface area contributed by atoms with Crippen LogP contribution in [0.15, 0.2) is 0 Å². The van der Waals surface area contributed by atoms with Crippen LogP contribution in [0.1, 0.15) is 0 Å². The molecule has 5 atom stereocenters. The first-order chi connectivity index (χ1) is 6.11. The van der Waals surface area contributed by atoms with Crippen LogP contribution in [0, 0.1) is 12.3 Å². The van der Waals surface area contributed by atoms with Crippen LogP contribution in [-0.2, 0) is 4.74 Å². The Labute approximate surface area is 75.6 Å². The van der Waals surface area contributed by atoms with Crippen LogP contribution in [0.2, 0.25) is 0 Å². The highest BCUT2D eigenvalue weighted by atomic mass is 16.5. The topological polar surface area (TPSA) is 90.2 Å². The lowest BCUT2D eigenvalue weighted by Crippen LogP contribution is -2.58. The van der Waals surface area contributed by atoms with E-state index in [-0.39, 0.29) is 0 Å². The SMILES string of the molecule is C#C[C@H]1O[C@H](CO)[C@@H](O)C(O)[C@@H]1O. The average Bonchev–Trinajstić information content (AvgIpc) is 2.15. The molecule has 0 aliphatic carbocycles. The summed E-state index contributed by atoms with van der Waals surface area (Å²) in [5.74, 6) is 2.11. The molecule has 0 saturated carbocycles. The standard InChI is InChI=1S/C8H12O5/c1-2-4-6(10)8(12)7(11)5(3-9)13-4/h1,4-12H,3H2/t4-,5-,6-,7-,8?/m1/s1. The molecule has 0 amide bonds. The summed E-state index contributed by atoms with van der Waals surface area (Å²) >= 11 is 0. The summed E-state index contributed by atoms with van der Waals surface area (Å²) < 4.78 is 4.93. The number of rotatable bonds is 1. The number of aliphatic hydroxyl groups is 4. The van der Waals surface area contributed by atoms with Crippen LogP contribution in [0.25, 0.3) is 0 Å². The van der Waals surface area contributed by atoms with E-state index >= 15 is 0 Å². The van der Waals surface area contributed by atoms with Gasteiger partial charge in [0.25, 0.3) is 0 Å². The number of hydrogen-bond donors (Lipinski definition) is 4. The van der Waals surface area contributed by atoms with Gasteiger partial charge in [-0.2, -0.15) is 0 Å². The zero-order chi connectivity index (χ0) is 10.0. The molecular weight excluding hydrogens is 176 g/mol.